The van der Waals surface area contributed by atoms with Crippen molar-refractivity contribution in [3.8, 4) is 5.75 Å². The van der Waals surface area contributed by atoms with Gasteiger partial charge >= 0.3 is 5.97 Å². The Bertz CT molecular complexity index is 1190. The third kappa shape index (κ3) is 10.1. The van der Waals surface area contributed by atoms with Crippen LogP contribution in [0.2, 0.25) is 0 Å². The van der Waals surface area contributed by atoms with Crippen LogP contribution in [-0.2, 0) is 41.6 Å². The number of aromatic amines is 1. The minimum absolute atomic E-state index is 0.0288. The van der Waals surface area contributed by atoms with Crippen molar-refractivity contribution in [2.24, 2.45) is 17.2 Å². The second-order valence-corrected chi connectivity index (χ2v) is 8.62. The highest BCUT2D eigenvalue weighted by Crippen LogP contribution is 2.12. The van der Waals surface area contributed by atoms with E-state index in [1.807, 2.05) is 0 Å². The zero-order valence-electron chi connectivity index (χ0n) is 20.6. The monoisotopic (exact) mass is 546 g/mol. The van der Waals surface area contributed by atoms with E-state index in [9.17, 15) is 39.0 Å². The molecule has 1 aromatic carbocycles. The van der Waals surface area contributed by atoms with Gasteiger partial charge in [-0.15, -0.1) is 0 Å². The summed E-state index contributed by atoms with van der Waals surface area (Å²) >= 11 is 0. The summed E-state index contributed by atoms with van der Waals surface area (Å²) in [5, 5.41) is 25.7. The number of nitrogens with zero attached hydrogens (tertiary/aromatic N) is 1. The van der Waals surface area contributed by atoms with Gasteiger partial charge < -0.3 is 48.3 Å². The number of imidazole rings is 1. The van der Waals surface area contributed by atoms with Crippen LogP contribution in [-0.4, -0.2) is 79.9 Å². The summed E-state index contributed by atoms with van der Waals surface area (Å²) in [5.41, 5.74) is 17.2. The fourth-order valence-electron chi connectivity index (χ4n) is 3.44. The number of aromatic nitrogens is 2. The summed E-state index contributed by atoms with van der Waals surface area (Å²) < 4.78 is 0. The van der Waals surface area contributed by atoms with Crippen LogP contribution in [0.5, 0.6) is 5.75 Å². The van der Waals surface area contributed by atoms with Crippen molar-refractivity contribution < 1.29 is 39.0 Å². The Morgan fingerprint density at radius 1 is 0.821 bits per heavy atom. The van der Waals surface area contributed by atoms with Gasteiger partial charge in [0.05, 0.1) is 25.2 Å². The summed E-state index contributed by atoms with van der Waals surface area (Å²) in [5.74, 6) is -6.37. The lowest BCUT2D eigenvalue weighted by Gasteiger charge is -2.24. The predicted molar refractivity (Wildman–Crippen MR) is 133 cm³/mol. The van der Waals surface area contributed by atoms with Gasteiger partial charge in [-0.05, 0) is 17.7 Å². The molecule has 0 radical (unpaired) electrons. The number of primary amides is 2. The van der Waals surface area contributed by atoms with E-state index in [-0.39, 0.29) is 18.6 Å². The standard InChI is InChI=1S/C23H30N8O8/c24-14(6-12-9-27-10-28-12)20(35)29-15(7-18(25)33)21(36)30-16(8-19(26)34)22(37)31-17(23(38)39)5-11-1-3-13(32)4-2-11/h1-4,9-10,14-17,32H,5-8,24H2,(H2,25,33)(H2,26,34)(H,27,28)(H,29,35)(H,30,36)(H,31,37)(H,38,39). The summed E-state index contributed by atoms with van der Waals surface area (Å²) in [4.78, 5) is 79.8. The van der Waals surface area contributed by atoms with E-state index >= 15 is 0 Å². The van der Waals surface area contributed by atoms with Gasteiger partial charge in [-0.3, -0.25) is 24.0 Å². The number of carbonyl (C=O) groups excluding carboxylic acids is 5. The van der Waals surface area contributed by atoms with E-state index in [1.165, 1.54) is 36.8 Å². The maximum atomic E-state index is 12.9. The van der Waals surface area contributed by atoms with Crippen LogP contribution >= 0.6 is 0 Å². The third-order valence-electron chi connectivity index (χ3n) is 5.40. The molecule has 16 nitrogen and oxygen atoms in total. The van der Waals surface area contributed by atoms with Crippen LogP contribution in [0.1, 0.15) is 24.1 Å². The molecule has 0 aliphatic carbocycles. The third-order valence-corrected chi connectivity index (χ3v) is 5.40. The van der Waals surface area contributed by atoms with Crippen molar-refractivity contribution in [3.05, 3.63) is 48.0 Å². The molecule has 1 heterocycles. The maximum Gasteiger partial charge on any atom is 0.326 e. The van der Waals surface area contributed by atoms with Crippen LogP contribution in [0.25, 0.3) is 0 Å². The van der Waals surface area contributed by atoms with Gasteiger partial charge in [0, 0.05) is 24.7 Å². The molecule has 0 fully saturated rings. The van der Waals surface area contributed by atoms with E-state index in [0.717, 1.165) is 0 Å². The molecule has 210 valence electrons. The molecule has 16 heteroatoms. The molecular weight excluding hydrogens is 516 g/mol. The first kappa shape index (κ1) is 30.2. The molecule has 0 saturated carbocycles. The molecule has 12 N–H and O–H groups in total. The molecule has 4 atom stereocenters. The van der Waals surface area contributed by atoms with E-state index in [1.54, 1.807) is 0 Å². The first-order chi connectivity index (χ1) is 18.3. The molecule has 0 saturated heterocycles. The lowest BCUT2D eigenvalue weighted by molar-refractivity contribution is -0.142. The molecule has 0 aliphatic heterocycles. The smallest absolute Gasteiger partial charge is 0.326 e. The van der Waals surface area contributed by atoms with Crippen LogP contribution in [0.15, 0.2) is 36.8 Å². The first-order valence-corrected chi connectivity index (χ1v) is 11.6. The van der Waals surface area contributed by atoms with Gasteiger partial charge in [-0.2, -0.15) is 0 Å². The predicted octanol–water partition coefficient (Wildman–Crippen LogP) is -3.48. The van der Waals surface area contributed by atoms with Gasteiger partial charge in [0.2, 0.25) is 29.5 Å². The lowest BCUT2D eigenvalue weighted by atomic mass is 10.0. The number of hydrogen-bond donors (Lipinski definition) is 9. The Balaban J connectivity index is 2.13. The number of carboxylic acids is 1. The van der Waals surface area contributed by atoms with Crippen molar-refractivity contribution in [2.45, 2.75) is 49.9 Å². The number of H-pyrrole nitrogens is 1. The number of hydrogen-bond acceptors (Lipinski definition) is 9. The number of nitrogens with two attached hydrogens (primary N) is 3. The van der Waals surface area contributed by atoms with Crippen molar-refractivity contribution >= 4 is 35.5 Å². The van der Waals surface area contributed by atoms with E-state index < -0.39 is 72.5 Å². The highest BCUT2D eigenvalue weighted by molar-refractivity contribution is 5.97. The van der Waals surface area contributed by atoms with E-state index in [2.05, 4.69) is 25.9 Å². The zero-order valence-corrected chi connectivity index (χ0v) is 20.6. The Labute approximate surface area is 221 Å². The molecule has 1 aromatic heterocycles. The number of carbonyl (C=O) groups is 6. The molecule has 0 bridgehead atoms. The van der Waals surface area contributed by atoms with Crippen LogP contribution in [0, 0.1) is 0 Å². The minimum Gasteiger partial charge on any atom is -0.508 e. The average molecular weight is 547 g/mol. The van der Waals surface area contributed by atoms with Crippen LogP contribution in [0.3, 0.4) is 0 Å². The number of aromatic hydroxyl groups is 1. The van der Waals surface area contributed by atoms with E-state index in [0.29, 0.717) is 11.3 Å². The zero-order chi connectivity index (χ0) is 29.1. The Morgan fingerprint density at radius 2 is 1.33 bits per heavy atom. The summed E-state index contributed by atoms with van der Waals surface area (Å²) in [7, 11) is 0. The summed E-state index contributed by atoms with van der Waals surface area (Å²) in [6.07, 6.45) is 1.28. The highest BCUT2D eigenvalue weighted by Gasteiger charge is 2.32. The first-order valence-electron chi connectivity index (χ1n) is 11.6. The fraction of sp³-hybridized carbons (Fsp3) is 0.348. The van der Waals surface area contributed by atoms with Gasteiger partial charge in [-0.1, -0.05) is 12.1 Å². The number of phenolic OH excluding ortho intramolecular Hbond substituents is 1. The Kier molecular flexibility index (Phi) is 10.9. The molecule has 2 aromatic rings. The number of amides is 5. The Hall–Kier alpha value is -4.99. The average Bonchev–Trinajstić information content (AvgIpc) is 3.36. The quantitative estimate of drug-likeness (QED) is 0.106. The largest absolute Gasteiger partial charge is 0.508 e. The molecule has 4 unspecified atom stereocenters. The maximum absolute atomic E-state index is 12.9. The highest BCUT2D eigenvalue weighted by atomic mass is 16.4. The minimum atomic E-state index is -1.65. The van der Waals surface area contributed by atoms with Gasteiger partial charge in [0.25, 0.3) is 0 Å². The fourth-order valence-corrected chi connectivity index (χ4v) is 3.44. The molecule has 5 amide bonds. The van der Waals surface area contributed by atoms with Crippen molar-refractivity contribution in [2.75, 3.05) is 0 Å². The number of benzene rings is 1. The Morgan fingerprint density at radius 3 is 1.79 bits per heavy atom. The summed E-state index contributed by atoms with van der Waals surface area (Å²) in [6.45, 7) is 0. The molecule has 0 aliphatic rings. The number of carboxylic acid groups (broad SMARTS) is 1. The number of aliphatic carboxylic acids is 1. The molecule has 0 spiro atoms. The molecule has 2 rings (SSSR count). The second-order valence-electron chi connectivity index (χ2n) is 8.62. The van der Waals surface area contributed by atoms with Crippen LogP contribution < -0.4 is 33.2 Å². The van der Waals surface area contributed by atoms with Crippen molar-refractivity contribution in [1.82, 2.24) is 25.9 Å². The number of phenols is 1. The second kappa shape index (κ2) is 14.1. The van der Waals surface area contributed by atoms with Gasteiger partial charge in [-0.25, -0.2) is 9.78 Å². The number of rotatable bonds is 15. The lowest BCUT2D eigenvalue weighted by Crippen LogP contribution is -2.58. The van der Waals surface area contributed by atoms with Gasteiger partial charge in [0.15, 0.2) is 0 Å². The van der Waals surface area contributed by atoms with Crippen molar-refractivity contribution in [3.63, 3.8) is 0 Å². The number of nitrogens with one attached hydrogen (secondary N) is 4. The molecule has 39 heavy (non-hydrogen) atoms. The normalized spacial score (nSPS) is 13.8. The SMILES string of the molecule is NC(=O)CC(NC(=O)C(N)Cc1cnc[nH]1)C(=O)NC(CC(N)=O)C(=O)NC(Cc1ccc(O)cc1)C(=O)O. The van der Waals surface area contributed by atoms with Crippen molar-refractivity contribution in [1.29, 1.82) is 0 Å². The molecular formula is C23H30N8O8. The topological polar surface area (TPSA) is 286 Å². The van der Waals surface area contributed by atoms with Gasteiger partial charge in [0.1, 0.15) is 23.9 Å². The van der Waals surface area contributed by atoms with Crippen LogP contribution in [0.4, 0.5) is 0 Å². The summed E-state index contributed by atoms with van der Waals surface area (Å²) in [6, 6.07) is -0.269. The van der Waals surface area contributed by atoms with E-state index in [4.69, 9.17) is 17.2 Å².